The van der Waals surface area contributed by atoms with Crippen LogP contribution in [0.3, 0.4) is 0 Å². The predicted molar refractivity (Wildman–Crippen MR) is 228 cm³/mol. The van der Waals surface area contributed by atoms with Crippen LogP contribution in [0.5, 0.6) is 0 Å². The molecule has 8 aromatic carbocycles. The molecule has 12 rings (SSSR count). The van der Waals surface area contributed by atoms with Crippen molar-refractivity contribution < 1.29 is 0 Å². The van der Waals surface area contributed by atoms with Crippen LogP contribution < -0.4 is 0 Å². The van der Waals surface area contributed by atoms with Gasteiger partial charge in [0.15, 0.2) is 0 Å². The molecule has 256 valence electrons. The Morgan fingerprint density at radius 1 is 0.309 bits per heavy atom. The minimum absolute atomic E-state index is 0.659. The zero-order valence-corrected chi connectivity index (χ0v) is 29.6. The summed E-state index contributed by atoms with van der Waals surface area (Å²) in [6.07, 6.45) is 0. The van der Waals surface area contributed by atoms with Gasteiger partial charge in [-0.15, -0.1) is 0 Å². The fraction of sp³-hybridized carbons (Fsp3) is 0. The number of benzene rings is 8. The summed E-state index contributed by atoms with van der Waals surface area (Å²) in [5.74, 6) is 0.659. The van der Waals surface area contributed by atoms with E-state index in [0.717, 1.165) is 50.1 Å². The van der Waals surface area contributed by atoms with Gasteiger partial charge in [-0.3, -0.25) is 4.57 Å². The maximum atomic E-state index is 5.33. The quantitative estimate of drug-likeness (QED) is 0.183. The summed E-state index contributed by atoms with van der Waals surface area (Å²) >= 11 is 0. The Hall–Kier alpha value is -7.50. The fourth-order valence-corrected chi connectivity index (χ4v) is 8.95. The van der Waals surface area contributed by atoms with Crippen molar-refractivity contribution >= 4 is 76.3 Å². The largest absolute Gasteiger partial charge is 0.309 e. The van der Waals surface area contributed by atoms with Crippen molar-refractivity contribution in [2.75, 3.05) is 0 Å². The molecule has 0 bridgehead atoms. The average molecular weight is 702 g/mol. The van der Waals surface area contributed by atoms with E-state index in [2.05, 4.69) is 196 Å². The molecular weight excluding hydrogens is 671 g/mol. The van der Waals surface area contributed by atoms with Gasteiger partial charge in [0.25, 0.3) is 0 Å². The highest BCUT2D eigenvalue weighted by Gasteiger charge is 2.23. The summed E-state index contributed by atoms with van der Waals surface area (Å²) in [6, 6.07) is 67.0. The molecule has 0 radical (unpaired) electrons. The Morgan fingerprint density at radius 2 is 0.800 bits per heavy atom. The van der Waals surface area contributed by atoms with E-state index in [0.29, 0.717) is 5.95 Å². The van der Waals surface area contributed by atoms with Crippen molar-refractivity contribution in [1.29, 1.82) is 0 Å². The van der Waals surface area contributed by atoms with Crippen LogP contribution in [-0.4, -0.2) is 23.7 Å². The van der Waals surface area contributed by atoms with Crippen LogP contribution in [0.15, 0.2) is 188 Å². The fourth-order valence-electron chi connectivity index (χ4n) is 8.95. The van der Waals surface area contributed by atoms with Gasteiger partial charge in [-0.1, -0.05) is 121 Å². The monoisotopic (exact) mass is 701 g/mol. The molecule has 55 heavy (non-hydrogen) atoms. The molecule has 0 N–H and O–H groups in total. The molecule has 0 aliphatic carbocycles. The highest BCUT2D eigenvalue weighted by molar-refractivity contribution is 6.29. The molecule has 4 heterocycles. The lowest BCUT2D eigenvalue weighted by atomic mass is 10.1. The van der Waals surface area contributed by atoms with Gasteiger partial charge in [-0.2, -0.15) is 0 Å². The highest BCUT2D eigenvalue weighted by Crippen LogP contribution is 2.43. The minimum atomic E-state index is 0.659. The van der Waals surface area contributed by atoms with Gasteiger partial charge in [-0.25, -0.2) is 9.97 Å². The van der Waals surface area contributed by atoms with Crippen molar-refractivity contribution in [3.8, 4) is 28.6 Å². The van der Waals surface area contributed by atoms with E-state index >= 15 is 0 Å². The molecule has 0 aliphatic heterocycles. The molecule has 0 fully saturated rings. The number of hydrogen-bond acceptors (Lipinski definition) is 2. The zero-order valence-electron chi connectivity index (χ0n) is 29.6. The predicted octanol–water partition coefficient (Wildman–Crippen LogP) is 12.6. The van der Waals surface area contributed by atoms with Crippen LogP contribution in [-0.2, 0) is 0 Å². The molecule has 0 spiro atoms. The number of nitrogens with zero attached hydrogens (tertiary/aromatic N) is 5. The summed E-state index contributed by atoms with van der Waals surface area (Å²) in [6.45, 7) is 0. The van der Waals surface area contributed by atoms with E-state index in [9.17, 15) is 0 Å². The van der Waals surface area contributed by atoms with Crippen molar-refractivity contribution in [3.63, 3.8) is 0 Å². The third-order valence-corrected chi connectivity index (χ3v) is 11.2. The summed E-state index contributed by atoms with van der Waals surface area (Å²) in [7, 11) is 0. The Labute approximate surface area is 315 Å². The Bertz CT molecular complexity index is 3480. The van der Waals surface area contributed by atoms with Crippen molar-refractivity contribution in [1.82, 2.24) is 23.7 Å². The molecule has 4 aromatic heterocycles. The van der Waals surface area contributed by atoms with E-state index in [-0.39, 0.29) is 0 Å². The first-order chi connectivity index (χ1) is 27.3. The Morgan fingerprint density at radius 3 is 1.51 bits per heavy atom. The molecule has 0 saturated carbocycles. The van der Waals surface area contributed by atoms with E-state index in [1.165, 1.54) is 48.9 Å². The lowest BCUT2D eigenvalue weighted by Gasteiger charge is -2.12. The smallest absolute Gasteiger partial charge is 0.235 e. The molecular formula is C50H31N5. The van der Waals surface area contributed by atoms with Gasteiger partial charge in [-0.05, 0) is 66.7 Å². The topological polar surface area (TPSA) is 40.6 Å². The minimum Gasteiger partial charge on any atom is -0.309 e. The second-order valence-electron chi connectivity index (χ2n) is 14.2. The zero-order chi connectivity index (χ0) is 36.0. The van der Waals surface area contributed by atoms with E-state index < -0.39 is 0 Å². The first-order valence-electron chi connectivity index (χ1n) is 18.7. The van der Waals surface area contributed by atoms with Crippen LogP contribution >= 0.6 is 0 Å². The maximum Gasteiger partial charge on any atom is 0.235 e. The number of rotatable bonds is 4. The molecule has 5 heteroatoms. The lowest BCUT2D eigenvalue weighted by molar-refractivity contribution is 1.01. The van der Waals surface area contributed by atoms with Crippen molar-refractivity contribution in [2.24, 2.45) is 0 Å². The molecule has 0 amide bonds. The van der Waals surface area contributed by atoms with Crippen molar-refractivity contribution in [2.45, 2.75) is 0 Å². The van der Waals surface area contributed by atoms with Gasteiger partial charge in [0.1, 0.15) is 0 Å². The Balaban J connectivity index is 1.15. The second-order valence-corrected chi connectivity index (χ2v) is 14.2. The number of aromatic nitrogens is 5. The number of fused-ring (bicyclic) bond motifs is 11. The van der Waals surface area contributed by atoms with Gasteiger partial charge in [0.05, 0.1) is 44.3 Å². The average Bonchev–Trinajstić information content (AvgIpc) is 3.89. The Kier molecular flexibility index (Phi) is 6.27. The van der Waals surface area contributed by atoms with E-state index in [1.807, 2.05) is 6.07 Å². The molecule has 5 nitrogen and oxygen atoms in total. The van der Waals surface area contributed by atoms with Crippen LogP contribution in [0.2, 0.25) is 0 Å². The van der Waals surface area contributed by atoms with Crippen molar-refractivity contribution in [3.05, 3.63) is 188 Å². The van der Waals surface area contributed by atoms with Gasteiger partial charge < -0.3 is 9.13 Å². The van der Waals surface area contributed by atoms with Crippen LogP contribution in [0.25, 0.3) is 105 Å². The van der Waals surface area contributed by atoms with Crippen LogP contribution in [0, 0.1) is 0 Å². The summed E-state index contributed by atoms with van der Waals surface area (Å²) in [5, 5.41) is 8.30. The van der Waals surface area contributed by atoms with Crippen LogP contribution in [0.1, 0.15) is 0 Å². The third kappa shape index (κ3) is 4.29. The second kappa shape index (κ2) is 11.5. The lowest BCUT2D eigenvalue weighted by Crippen LogP contribution is -2.03. The standard InChI is InChI=1S/C50H31N5/c1-3-15-32(16-4-1)49-36-20-7-11-23-40(36)51-50(52-49)55-43-26-14-10-22-38(43)48-46(55)30-29-45-47(48)37-21-9-13-25-42(37)54(45)34-27-28-44-39(31-34)35-19-8-12-24-41(35)53(44)33-17-5-2-6-18-33/h1-31H. The summed E-state index contributed by atoms with van der Waals surface area (Å²) in [4.78, 5) is 10.6. The normalized spacial score (nSPS) is 12.0. The number of para-hydroxylation sites is 5. The first-order valence-corrected chi connectivity index (χ1v) is 18.7. The maximum absolute atomic E-state index is 5.33. The third-order valence-electron chi connectivity index (χ3n) is 11.2. The van der Waals surface area contributed by atoms with E-state index in [1.54, 1.807) is 0 Å². The SMILES string of the molecule is c1ccc(-c2nc(-n3c4ccccc4c4c5c6ccccc6n(-c6ccc7c(c6)c6ccccc6n7-c6ccccc6)c5ccc43)nc3ccccc23)cc1. The summed E-state index contributed by atoms with van der Waals surface area (Å²) < 4.78 is 7.06. The van der Waals surface area contributed by atoms with Gasteiger partial charge >= 0.3 is 0 Å². The van der Waals surface area contributed by atoms with Crippen LogP contribution in [0.4, 0.5) is 0 Å². The summed E-state index contributed by atoms with van der Waals surface area (Å²) in [5.41, 5.74) is 12.1. The van der Waals surface area contributed by atoms with Gasteiger partial charge in [0, 0.05) is 54.6 Å². The molecule has 0 saturated heterocycles. The molecule has 0 aliphatic rings. The van der Waals surface area contributed by atoms with E-state index in [4.69, 9.17) is 9.97 Å². The molecule has 0 unspecified atom stereocenters. The number of hydrogen-bond donors (Lipinski definition) is 0. The highest BCUT2D eigenvalue weighted by atomic mass is 15.2. The molecule has 12 aromatic rings. The van der Waals surface area contributed by atoms with Gasteiger partial charge in [0.2, 0.25) is 5.95 Å². The first kappa shape index (κ1) is 30.0. The molecule has 0 atom stereocenters.